The third kappa shape index (κ3) is 8.90. The standard InChI is InChI=1S/C13H23N3O6/c1-2-3-4-8(14)12(21)16-9(5-6-10(17)18)13(22)15-7-11(19)20/h8-9H,2-7,14H2,1H3,(H,15,22)(H,16,21)(H,17,18)(H,19,20)/t8-,9-/m1/s1. The van der Waals surface area contributed by atoms with E-state index < -0.39 is 42.4 Å². The zero-order valence-corrected chi connectivity index (χ0v) is 12.5. The lowest BCUT2D eigenvalue weighted by atomic mass is 10.1. The van der Waals surface area contributed by atoms with Crippen LogP contribution in [0.2, 0.25) is 0 Å². The van der Waals surface area contributed by atoms with Gasteiger partial charge in [-0.15, -0.1) is 0 Å². The maximum atomic E-state index is 11.9. The molecule has 0 radical (unpaired) electrons. The lowest BCUT2D eigenvalue weighted by Gasteiger charge is -2.19. The number of amides is 2. The Morgan fingerprint density at radius 3 is 2.18 bits per heavy atom. The molecule has 0 aliphatic rings. The molecule has 0 saturated carbocycles. The summed E-state index contributed by atoms with van der Waals surface area (Å²) in [6.45, 7) is 1.33. The first-order chi connectivity index (χ1) is 10.3. The average Bonchev–Trinajstić information content (AvgIpc) is 2.45. The minimum absolute atomic E-state index is 0.146. The molecule has 126 valence electrons. The lowest BCUT2D eigenvalue weighted by molar-refractivity contribution is -0.140. The number of carboxylic acid groups (broad SMARTS) is 2. The smallest absolute Gasteiger partial charge is 0.322 e. The molecule has 2 amide bonds. The summed E-state index contributed by atoms with van der Waals surface area (Å²) >= 11 is 0. The molecular formula is C13H23N3O6. The Balaban J connectivity index is 4.62. The van der Waals surface area contributed by atoms with Gasteiger partial charge in [0, 0.05) is 6.42 Å². The molecule has 0 fully saturated rings. The van der Waals surface area contributed by atoms with Crippen molar-refractivity contribution in [2.75, 3.05) is 6.54 Å². The summed E-state index contributed by atoms with van der Waals surface area (Å²) in [6, 6.07) is -1.92. The monoisotopic (exact) mass is 317 g/mol. The van der Waals surface area contributed by atoms with Gasteiger partial charge in [0.05, 0.1) is 6.04 Å². The van der Waals surface area contributed by atoms with Crippen LogP contribution in [0, 0.1) is 0 Å². The molecule has 2 atom stereocenters. The average molecular weight is 317 g/mol. The second-order valence-corrected chi connectivity index (χ2v) is 4.85. The van der Waals surface area contributed by atoms with Crippen molar-refractivity contribution in [1.29, 1.82) is 0 Å². The summed E-state index contributed by atoms with van der Waals surface area (Å²) in [6.07, 6.45) is 1.58. The van der Waals surface area contributed by atoms with E-state index in [1.54, 1.807) is 0 Å². The Bertz CT molecular complexity index is 413. The fraction of sp³-hybridized carbons (Fsp3) is 0.692. The maximum Gasteiger partial charge on any atom is 0.322 e. The predicted octanol–water partition coefficient (Wildman–Crippen LogP) is -0.946. The van der Waals surface area contributed by atoms with E-state index >= 15 is 0 Å². The zero-order chi connectivity index (χ0) is 17.1. The molecule has 9 heteroatoms. The number of hydrogen-bond acceptors (Lipinski definition) is 5. The topological polar surface area (TPSA) is 159 Å². The number of hydrogen-bond donors (Lipinski definition) is 5. The molecule has 0 aliphatic heterocycles. The highest BCUT2D eigenvalue weighted by atomic mass is 16.4. The van der Waals surface area contributed by atoms with E-state index in [9.17, 15) is 19.2 Å². The highest BCUT2D eigenvalue weighted by Crippen LogP contribution is 2.02. The van der Waals surface area contributed by atoms with Crippen molar-refractivity contribution in [2.45, 2.75) is 51.1 Å². The number of carbonyl (C=O) groups is 4. The van der Waals surface area contributed by atoms with Crippen molar-refractivity contribution in [2.24, 2.45) is 5.73 Å². The first-order valence-corrected chi connectivity index (χ1v) is 7.05. The van der Waals surface area contributed by atoms with Gasteiger partial charge in [0.15, 0.2) is 0 Å². The minimum atomic E-state index is -1.24. The van der Waals surface area contributed by atoms with Crippen LogP contribution < -0.4 is 16.4 Å². The van der Waals surface area contributed by atoms with Crippen LogP contribution in [0.1, 0.15) is 39.0 Å². The quantitative estimate of drug-likeness (QED) is 0.328. The van der Waals surface area contributed by atoms with Gasteiger partial charge in [-0.3, -0.25) is 19.2 Å². The molecule has 0 saturated heterocycles. The lowest BCUT2D eigenvalue weighted by Crippen LogP contribution is -2.52. The van der Waals surface area contributed by atoms with Gasteiger partial charge in [0.2, 0.25) is 11.8 Å². The minimum Gasteiger partial charge on any atom is -0.481 e. The number of rotatable bonds is 11. The van der Waals surface area contributed by atoms with Crippen LogP contribution >= 0.6 is 0 Å². The molecule has 0 aromatic carbocycles. The maximum absolute atomic E-state index is 11.9. The van der Waals surface area contributed by atoms with Gasteiger partial charge >= 0.3 is 11.9 Å². The molecule has 0 spiro atoms. The van der Waals surface area contributed by atoms with E-state index in [2.05, 4.69) is 10.6 Å². The van der Waals surface area contributed by atoms with Gasteiger partial charge < -0.3 is 26.6 Å². The molecule has 0 unspecified atom stereocenters. The zero-order valence-electron chi connectivity index (χ0n) is 12.5. The number of aliphatic carboxylic acids is 2. The summed E-state index contributed by atoms with van der Waals surface area (Å²) in [5.74, 6) is -3.68. The SMILES string of the molecule is CCCC[C@@H](N)C(=O)N[C@H](CCC(=O)O)C(=O)NCC(=O)O. The second kappa shape index (κ2) is 10.6. The van der Waals surface area contributed by atoms with E-state index in [4.69, 9.17) is 15.9 Å². The van der Waals surface area contributed by atoms with Crippen molar-refractivity contribution in [3.63, 3.8) is 0 Å². The molecule has 0 rings (SSSR count). The molecule has 0 aliphatic carbocycles. The second-order valence-electron chi connectivity index (χ2n) is 4.85. The summed E-state index contributed by atoms with van der Waals surface area (Å²) in [5, 5.41) is 21.7. The van der Waals surface area contributed by atoms with E-state index in [1.165, 1.54) is 0 Å². The summed E-state index contributed by atoms with van der Waals surface area (Å²) in [5.41, 5.74) is 5.68. The largest absolute Gasteiger partial charge is 0.481 e. The van der Waals surface area contributed by atoms with Crippen LogP contribution in [0.15, 0.2) is 0 Å². The van der Waals surface area contributed by atoms with Crippen LogP contribution in [0.4, 0.5) is 0 Å². The Labute approximate surface area is 128 Å². The fourth-order valence-electron chi connectivity index (χ4n) is 1.66. The molecule has 0 heterocycles. The van der Waals surface area contributed by atoms with Crippen LogP contribution in [-0.2, 0) is 19.2 Å². The van der Waals surface area contributed by atoms with Crippen molar-refractivity contribution in [3.8, 4) is 0 Å². The van der Waals surface area contributed by atoms with Crippen molar-refractivity contribution >= 4 is 23.8 Å². The summed E-state index contributed by atoms with van der Waals surface area (Å²) in [4.78, 5) is 44.7. The van der Waals surface area contributed by atoms with Crippen LogP contribution in [0.25, 0.3) is 0 Å². The Morgan fingerprint density at radius 2 is 1.68 bits per heavy atom. The van der Waals surface area contributed by atoms with Crippen molar-refractivity contribution < 1.29 is 29.4 Å². The Kier molecular flexibility index (Phi) is 9.51. The van der Waals surface area contributed by atoms with Gasteiger partial charge in [0.1, 0.15) is 12.6 Å². The third-order valence-electron chi connectivity index (χ3n) is 2.90. The molecular weight excluding hydrogens is 294 g/mol. The molecule has 0 bridgehead atoms. The third-order valence-corrected chi connectivity index (χ3v) is 2.90. The Morgan fingerprint density at radius 1 is 1.05 bits per heavy atom. The summed E-state index contributed by atoms with van der Waals surface area (Å²) in [7, 11) is 0. The molecule has 22 heavy (non-hydrogen) atoms. The van der Waals surface area contributed by atoms with Gasteiger partial charge in [-0.2, -0.15) is 0 Å². The number of carbonyl (C=O) groups excluding carboxylic acids is 2. The molecule has 0 aromatic heterocycles. The normalized spacial score (nSPS) is 13.0. The number of carboxylic acids is 2. The van der Waals surface area contributed by atoms with E-state index in [-0.39, 0.29) is 12.8 Å². The van der Waals surface area contributed by atoms with Gasteiger partial charge in [-0.05, 0) is 12.8 Å². The van der Waals surface area contributed by atoms with E-state index in [0.29, 0.717) is 6.42 Å². The highest BCUT2D eigenvalue weighted by Gasteiger charge is 2.24. The van der Waals surface area contributed by atoms with Crippen LogP contribution in [0.5, 0.6) is 0 Å². The van der Waals surface area contributed by atoms with Gasteiger partial charge in [-0.1, -0.05) is 19.8 Å². The van der Waals surface area contributed by atoms with Crippen molar-refractivity contribution in [3.05, 3.63) is 0 Å². The van der Waals surface area contributed by atoms with Gasteiger partial charge in [0.25, 0.3) is 0 Å². The molecule has 9 nitrogen and oxygen atoms in total. The molecule has 0 aromatic rings. The first-order valence-electron chi connectivity index (χ1n) is 7.05. The highest BCUT2D eigenvalue weighted by molar-refractivity contribution is 5.91. The number of nitrogens with two attached hydrogens (primary N) is 1. The number of unbranched alkanes of at least 4 members (excludes halogenated alkanes) is 1. The van der Waals surface area contributed by atoms with Crippen LogP contribution in [-0.4, -0.2) is 52.6 Å². The van der Waals surface area contributed by atoms with E-state index in [0.717, 1.165) is 12.8 Å². The van der Waals surface area contributed by atoms with Gasteiger partial charge in [-0.25, -0.2) is 0 Å². The molecule has 6 N–H and O–H groups in total. The fourth-order valence-corrected chi connectivity index (χ4v) is 1.66. The van der Waals surface area contributed by atoms with E-state index in [1.807, 2.05) is 6.92 Å². The Hall–Kier alpha value is -2.16. The predicted molar refractivity (Wildman–Crippen MR) is 76.9 cm³/mol. The summed E-state index contributed by atoms with van der Waals surface area (Å²) < 4.78 is 0. The number of nitrogens with one attached hydrogen (secondary N) is 2. The van der Waals surface area contributed by atoms with Crippen molar-refractivity contribution in [1.82, 2.24) is 10.6 Å². The van der Waals surface area contributed by atoms with Crippen LogP contribution in [0.3, 0.4) is 0 Å². The first kappa shape index (κ1) is 19.8.